The first-order valence-electron chi connectivity index (χ1n) is 5.54. The van der Waals surface area contributed by atoms with E-state index in [9.17, 15) is 4.39 Å². The van der Waals surface area contributed by atoms with Crippen LogP contribution in [0.1, 0.15) is 27.7 Å². The minimum Gasteiger partial charge on any atom is -0.399 e. The van der Waals surface area contributed by atoms with Crippen LogP contribution in [-0.4, -0.2) is 18.3 Å². The van der Waals surface area contributed by atoms with Crippen molar-refractivity contribution in [2.45, 2.75) is 38.9 Å². The van der Waals surface area contributed by atoms with Crippen molar-refractivity contribution in [1.29, 1.82) is 0 Å². The van der Waals surface area contributed by atoms with Gasteiger partial charge in [-0.1, -0.05) is 12.1 Å². The molecule has 0 saturated carbocycles. The van der Waals surface area contributed by atoms with Gasteiger partial charge in [0.1, 0.15) is 5.82 Å². The zero-order chi connectivity index (χ0) is 12.8. The lowest BCUT2D eigenvalue weighted by Gasteiger charge is -2.32. The van der Waals surface area contributed by atoms with Crippen LogP contribution >= 0.6 is 15.9 Å². The second-order valence-corrected chi connectivity index (χ2v) is 6.02. The fourth-order valence-corrected chi connectivity index (χ4v) is 2.12. The van der Waals surface area contributed by atoms with Crippen LogP contribution in [-0.2, 0) is 9.31 Å². The molecule has 1 fully saturated rings. The van der Waals surface area contributed by atoms with Crippen molar-refractivity contribution in [2.75, 3.05) is 0 Å². The molecule has 2 nitrogen and oxygen atoms in total. The molecule has 1 aliphatic rings. The average molecular weight is 301 g/mol. The summed E-state index contributed by atoms with van der Waals surface area (Å²) in [6.45, 7) is 7.89. The quantitative estimate of drug-likeness (QED) is 0.743. The highest BCUT2D eigenvalue weighted by Crippen LogP contribution is 2.37. The monoisotopic (exact) mass is 300 g/mol. The zero-order valence-electron chi connectivity index (χ0n) is 10.4. The standard InChI is InChI=1S/C12H15BBrFO2/c1-11(2)12(3,4)17-13(16-11)8-6-5-7-9(15)10(8)14/h5-7H,1-4H3. The molecule has 2 rings (SSSR count). The number of hydrogen-bond donors (Lipinski definition) is 0. The van der Waals surface area contributed by atoms with Crippen LogP contribution in [0.3, 0.4) is 0 Å². The summed E-state index contributed by atoms with van der Waals surface area (Å²) in [5.74, 6) is -0.308. The van der Waals surface area contributed by atoms with Crippen molar-refractivity contribution in [1.82, 2.24) is 0 Å². The van der Waals surface area contributed by atoms with Gasteiger partial charge in [-0.05, 0) is 55.2 Å². The maximum Gasteiger partial charge on any atom is 0.496 e. The van der Waals surface area contributed by atoms with Crippen molar-refractivity contribution in [3.05, 3.63) is 28.5 Å². The molecule has 0 bridgehead atoms. The fraction of sp³-hybridized carbons (Fsp3) is 0.500. The first-order valence-corrected chi connectivity index (χ1v) is 6.33. The topological polar surface area (TPSA) is 18.5 Å². The smallest absolute Gasteiger partial charge is 0.399 e. The van der Waals surface area contributed by atoms with Gasteiger partial charge in [0.25, 0.3) is 0 Å². The Kier molecular flexibility index (Phi) is 3.13. The second-order valence-electron chi connectivity index (χ2n) is 5.23. The van der Waals surface area contributed by atoms with Crippen LogP contribution in [0.15, 0.2) is 22.7 Å². The highest BCUT2D eigenvalue weighted by molar-refractivity contribution is 9.10. The molecule has 0 aliphatic carbocycles. The Labute approximate surface area is 110 Å². The van der Waals surface area contributed by atoms with Gasteiger partial charge in [0, 0.05) is 0 Å². The Hall–Kier alpha value is -0.385. The van der Waals surface area contributed by atoms with E-state index in [-0.39, 0.29) is 5.82 Å². The van der Waals surface area contributed by atoms with Crippen molar-refractivity contribution in [3.63, 3.8) is 0 Å². The molecule has 0 N–H and O–H groups in total. The summed E-state index contributed by atoms with van der Waals surface area (Å²) < 4.78 is 25.6. The summed E-state index contributed by atoms with van der Waals surface area (Å²) in [5, 5.41) is 0. The normalized spacial score (nSPS) is 21.9. The number of rotatable bonds is 1. The highest BCUT2D eigenvalue weighted by atomic mass is 79.9. The lowest BCUT2D eigenvalue weighted by Crippen LogP contribution is -2.41. The van der Waals surface area contributed by atoms with Gasteiger partial charge in [0.15, 0.2) is 0 Å². The molecule has 92 valence electrons. The van der Waals surface area contributed by atoms with Gasteiger partial charge in [-0.2, -0.15) is 0 Å². The van der Waals surface area contributed by atoms with Gasteiger partial charge >= 0.3 is 7.12 Å². The third-order valence-electron chi connectivity index (χ3n) is 3.49. The second kappa shape index (κ2) is 4.07. The van der Waals surface area contributed by atoms with E-state index in [1.165, 1.54) is 6.07 Å². The number of hydrogen-bond acceptors (Lipinski definition) is 2. The van der Waals surface area contributed by atoms with E-state index < -0.39 is 18.3 Å². The van der Waals surface area contributed by atoms with Gasteiger partial charge < -0.3 is 9.31 Å². The van der Waals surface area contributed by atoms with Crippen molar-refractivity contribution in [3.8, 4) is 0 Å². The summed E-state index contributed by atoms with van der Waals surface area (Å²) >= 11 is 3.23. The molecule has 17 heavy (non-hydrogen) atoms. The maximum absolute atomic E-state index is 13.5. The fourth-order valence-electron chi connectivity index (χ4n) is 1.67. The van der Waals surface area contributed by atoms with Gasteiger partial charge in [-0.25, -0.2) is 4.39 Å². The number of benzene rings is 1. The zero-order valence-corrected chi connectivity index (χ0v) is 12.0. The average Bonchev–Trinajstić information content (AvgIpc) is 2.40. The predicted octanol–water partition coefficient (Wildman–Crippen LogP) is 2.89. The van der Waals surface area contributed by atoms with E-state index in [0.717, 1.165) is 0 Å². The molecule has 1 aromatic rings. The van der Waals surface area contributed by atoms with E-state index in [1.807, 2.05) is 27.7 Å². The third kappa shape index (κ3) is 2.16. The van der Waals surface area contributed by atoms with Crippen LogP contribution in [0.2, 0.25) is 0 Å². The summed E-state index contributed by atoms with van der Waals surface area (Å²) in [4.78, 5) is 0. The van der Waals surface area contributed by atoms with Gasteiger partial charge in [-0.3, -0.25) is 0 Å². The largest absolute Gasteiger partial charge is 0.496 e. The van der Waals surface area contributed by atoms with E-state index >= 15 is 0 Å². The van der Waals surface area contributed by atoms with E-state index in [0.29, 0.717) is 9.94 Å². The molecule has 1 aliphatic heterocycles. The van der Waals surface area contributed by atoms with E-state index in [1.54, 1.807) is 12.1 Å². The van der Waals surface area contributed by atoms with Gasteiger partial charge in [-0.15, -0.1) is 0 Å². The molecule has 1 saturated heterocycles. The molecule has 0 aromatic heterocycles. The molecule has 0 amide bonds. The van der Waals surface area contributed by atoms with Gasteiger partial charge in [0.2, 0.25) is 0 Å². The van der Waals surface area contributed by atoms with Gasteiger partial charge in [0.05, 0.1) is 15.7 Å². The van der Waals surface area contributed by atoms with Crippen molar-refractivity contribution < 1.29 is 13.7 Å². The Morgan fingerprint density at radius 2 is 1.65 bits per heavy atom. The first-order chi connectivity index (χ1) is 7.74. The molecule has 5 heteroatoms. The van der Waals surface area contributed by atoms with E-state index in [4.69, 9.17) is 9.31 Å². The molecule has 0 radical (unpaired) electrons. The molecular weight excluding hydrogens is 286 g/mol. The van der Waals surface area contributed by atoms with Crippen LogP contribution in [0, 0.1) is 5.82 Å². The molecular formula is C12H15BBrFO2. The summed E-state index contributed by atoms with van der Waals surface area (Å²) in [5.41, 5.74) is -0.143. The summed E-state index contributed by atoms with van der Waals surface area (Å²) in [7, 11) is -0.537. The minimum atomic E-state index is -0.537. The molecule has 1 aromatic carbocycles. The molecule has 1 heterocycles. The lowest BCUT2D eigenvalue weighted by molar-refractivity contribution is 0.00578. The van der Waals surface area contributed by atoms with Crippen LogP contribution in [0.4, 0.5) is 4.39 Å². The summed E-state index contributed by atoms with van der Waals surface area (Å²) in [6, 6.07) is 4.86. The van der Waals surface area contributed by atoms with E-state index in [2.05, 4.69) is 15.9 Å². The third-order valence-corrected chi connectivity index (χ3v) is 4.33. The Morgan fingerprint density at radius 1 is 1.12 bits per heavy atom. The predicted molar refractivity (Wildman–Crippen MR) is 69.8 cm³/mol. The molecule has 0 spiro atoms. The van der Waals surface area contributed by atoms with Crippen molar-refractivity contribution in [2.24, 2.45) is 0 Å². The SMILES string of the molecule is CC1(C)OB(c2cccc(F)c2Br)OC1(C)C. The van der Waals surface area contributed by atoms with Crippen LogP contribution in [0.5, 0.6) is 0 Å². The highest BCUT2D eigenvalue weighted by Gasteiger charge is 2.52. The number of halogens is 2. The first kappa shape index (κ1) is 13.1. The Balaban J connectivity index is 2.36. The lowest BCUT2D eigenvalue weighted by atomic mass is 9.79. The van der Waals surface area contributed by atoms with Crippen LogP contribution in [0.25, 0.3) is 0 Å². The molecule has 0 unspecified atom stereocenters. The Bertz CT molecular complexity index is 432. The summed E-state index contributed by atoms with van der Waals surface area (Å²) in [6.07, 6.45) is 0. The minimum absolute atomic E-state index is 0.308. The van der Waals surface area contributed by atoms with Crippen LogP contribution < -0.4 is 5.46 Å². The Morgan fingerprint density at radius 3 is 2.18 bits per heavy atom. The van der Waals surface area contributed by atoms with Crippen molar-refractivity contribution >= 4 is 28.5 Å². The molecule has 0 atom stereocenters. The maximum atomic E-state index is 13.5.